The van der Waals surface area contributed by atoms with Gasteiger partial charge in [0.1, 0.15) is 17.4 Å². The molecule has 4 rings (SSSR count). The van der Waals surface area contributed by atoms with Crippen LogP contribution >= 0.6 is 0 Å². The first-order chi connectivity index (χ1) is 15.1. The Morgan fingerprint density at radius 2 is 2.00 bits per heavy atom. The zero-order valence-corrected chi connectivity index (χ0v) is 17.2. The minimum Gasteiger partial charge on any atom is -0.493 e. The summed E-state index contributed by atoms with van der Waals surface area (Å²) in [7, 11) is 0. The number of carbonyl (C=O) groups excluding carboxylic acids is 1. The van der Waals surface area contributed by atoms with Gasteiger partial charge in [0, 0.05) is 47.9 Å². The first-order valence-corrected chi connectivity index (χ1v) is 10.2. The SMILES string of the molecule is CCOc1cc(-c2ccc(F)cc2)nc2cc(C(=O)NCCCc3ncc[nH]3)ccc12. The number of pyridine rings is 1. The van der Waals surface area contributed by atoms with E-state index < -0.39 is 0 Å². The lowest BCUT2D eigenvalue weighted by atomic mass is 10.1. The number of hydrogen-bond acceptors (Lipinski definition) is 4. The molecule has 0 spiro atoms. The number of imidazole rings is 1. The van der Waals surface area contributed by atoms with E-state index in [4.69, 9.17) is 9.72 Å². The molecule has 0 aliphatic heterocycles. The lowest BCUT2D eigenvalue weighted by Gasteiger charge is -2.12. The number of aryl methyl sites for hydroxylation is 1. The Morgan fingerprint density at radius 1 is 1.16 bits per heavy atom. The molecule has 0 aliphatic rings. The summed E-state index contributed by atoms with van der Waals surface area (Å²) in [6.07, 6.45) is 5.05. The van der Waals surface area contributed by atoms with Gasteiger partial charge >= 0.3 is 0 Å². The van der Waals surface area contributed by atoms with Crippen LogP contribution in [-0.4, -0.2) is 34.0 Å². The van der Waals surface area contributed by atoms with Crippen LogP contribution < -0.4 is 10.1 Å². The molecule has 2 heterocycles. The third kappa shape index (κ3) is 4.88. The second kappa shape index (κ2) is 9.38. The van der Waals surface area contributed by atoms with E-state index in [-0.39, 0.29) is 11.7 Å². The number of aromatic amines is 1. The summed E-state index contributed by atoms with van der Waals surface area (Å²) in [6.45, 7) is 2.96. The molecule has 2 aromatic heterocycles. The van der Waals surface area contributed by atoms with Gasteiger partial charge in [-0.25, -0.2) is 14.4 Å². The van der Waals surface area contributed by atoms with Crippen molar-refractivity contribution in [3.8, 4) is 17.0 Å². The second-order valence-corrected chi connectivity index (χ2v) is 7.07. The summed E-state index contributed by atoms with van der Waals surface area (Å²) >= 11 is 0. The smallest absolute Gasteiger partial charge is 0.251 e. The summed E-state index contributed by atoms with van der Waals surface area (Å²) in [6, 6.07) is 13.4. The van der Waals surface area contributed by atoms with Crippen molar-refractivity contribution in [1.82, 2.24) is 20.3 Å². The van der Waals surface area contributed by atoms with Gasteiger partial charge in [0.25, 0.3) is 5.91 Å². The lowest BCUT2D eigenvalue weighted by Crippen LogP contribution is -2.24. The highest BCUT2D eigenvalue weighted by molar-refractivity contribution is 5.99. The Morgan fingerprint density at radius 3 is 2.74 bits per heavy atom. The van der Waals surface area contributed by atoms with E-state index in [1.165, 1.54) is 12.1 Å². The van der Waals surface area contributed by atoms with Gasteiger partial charge in [-0.05, 0) is 55.8 Å². The number of rotatable bonds is 8. The fourth-order valence-electron chi connectivity index (χ4n) is 3.38. The Balaban J connectivity index is 1.56. The molecule has 0 aliphatic carbocycles. The van der Waals surface area contributed by atoms with Crippen molar-refractivity contribution in [1.29, 1.82) is 0 Å². The number of benzene rings is 2. The van der Waals surface area contributed by atoms with Gasteiger partial charge in [-0.3, -0.25) is 4.79 Å². The van der Waals surface area contributed by atoms with Crippen LogP contribution in [0, 0.1) is 5.82 Å². The number of fused-ring (bicyclic) bond motifs is 1. The molecule has 2 N–H and O–H groups in total. The molecule has 0 radical (unpaired) electrons. The summed E-state index contributed by atoms with van der Waals surface area (Å²) in [4.78, 5) is 24.5. The topological polar surface area (TPSA) is 79.9 Å². The molecule has 4 aromatic rings. The number of hydrogen-bond donors (Lipinski definition) is 2. The molecule has 31 heavy (non-hydrogen) atoms. The molecule has 0 fully saturated rings. The Labute approximate surface area is 179 Å². The van der Waals surface area contributed by atoms with Crippen LogP contribution in [-0.2, 0) is 6.42 Å². The molecule has 7 heteroatoms. The van der Waals surface area contributed by atoms with Crippen molar-refractivity contribution >= 4 is 16.8 Å². The van der Waals surface area contributed by atoms with Crippen LogP contribution in [0.15, 0.2) is 60.9 Å². The average molecular weight is 418 g/mol. The van der Waals surface area contributed by atoms with E-state index in [1.807, 2.05) is 19.1 Å². The quantitative estimate of drug-likeness (QED) is 0.412. The maximum atomic E-state index is 13.3. The predicted octanol–water partition coefficient (Wildman–Crippen LogP) is 4.53. The Kier molecular flexibility index (Phi) is 6.21. The van der Waals surface area contributed by atoms with Crippen molar-refractivity contribution in [2.75, 3.05) is 13.2 Å². The van der Waals surface area contributed by atoms with E-state index in [0.717, 1.165) is 29.6 Å². The number of nitrogens with one attached hydrogen (secondary N) is 2. The number of carbonyl (C=O) groups is 1. The van der Waals surface area contributed by atoms with Gasteiger partial charge in [-0.2, -0.15) is 0 Å². The zero-order chi connectivity index (χ0) is 21.6. The first kappa shape index (κ1) is 20.5. The fraction of sp³-hybridized carbons (Fsp3) is 0.208. The first-order valence-electron chi connectivity index (χ1n) is 10.2. The Hall–Kier alpha value is -3.74. The number of H-pyrrole nitrogens is 1. The number of aromatic nitrogens is 3. The van der Waals surface area contributed by atoms with E-state index in [9.17, 15) is 9.18 Å². The summed E-state index contributed by atoms with van der Waals surface area (Å²) in [5.74, 6) is 1.12. The number of halogens is 1. The van der Waals surface area contributed by atoms with Crippen LogP contribution in [0.2, 0.25) is 0 Å². The molecule has 0 saturated carbocycles. The molecule has 0 unspecified atom stereocenters. The molecule has 158 valence electrons. The van der Waals surface area contributed by atoms with Gasteiger partial charge in [0.05, 0.1) is 17.8 Å². The van der Waals surface area contributed by atoms with E-state index in [1.54, 1.807) is 36.7 Å². The predicted molar refractivity (Wildman–Crippen MR) is 118 cm³/mol. The van der Waals surface area contributed by atoms with Crippen molar-refractivity contribution in [2.45, 2.75) is 19.8 Å². The molecule has 0 saturated heterocycles. The third-order valence-electron chi connectivity index (χ3n) is 4.90. The van der Waals surface area contributed by atoms with E-state index >= 15 is 0 Å². The highest BCUT2D eigenvalue weighted by Gasteiger charge is 2.12. The van der Waals surface area contributed by atoms with Crippen LogP contribution in [0.25, 0.3) is 22.2 Å². The van der Waals surface area contributed by atoms with Crippen molar-refractivity contribution in [2.24, 2.45) is 0 Å². The minimum absolute atomic E-state index is 0.159. The minimum atomic E-state index is -0.305. The van der Waals surface area contributed by atoms with Crippen molar-refractivity contribution in [3.05, 3.63) is 78.1 Å². The summed E-state index contributed by atoms with van der Waals surface area (Å²) in [5, 5.41) is 3.76. The molecular formula is C24H23FN4O2. The van der Waals surface area contributed by atoms with E-state index in [0.29, 0.717) is 35.7 Å². The maximum absolute atomic E-state index is 13.3. The molecular weight excluding hydrogens is 395 g/mol. The molecule has 0 bridgehead atoms. The highest BCUT2D eigenvalue weighted by Crippen LogP contribution is 2.31. The standard InChI is InChI=1S/C24H23FN4O2/c1-2-31-22-15-20(16-5-8-18(25)9-6-16)29-21-14-17(7-10-19(21)22)24(30)28-11-3-4-23-26-12-13-27-23/h5-10,12-15H,2-4,11H2,1H3,(H,26,27)(H,28,30). The Bertz CT molecular complexity index is 1170. The highest BCUT2D eigenvalue weighted by atomic mass is 19.1. The summed E-state index contributed by atoms with van der Waals surface area (Å²) < 4.78 is 19.1. The van der Waals surface area contributed by atoms with Crippen LogP contribution in [0.4, 0.5) is 4.39 Å². The van der Waals surface area contributed by atoms with Gasteiger partial charge < -0.3 is 15.0 Å². The molecule has 2 aromatic carbocycles. The van der Waals surface area contributed by atoms with Gasteiger partial charge in [0.15, 0.2) is 0 Å². The third-order valence-corrected chi connectivity index (χ3v) is 4.90. The van der Waals surface area contributed by atoms with Gasteiger partial charge in [-0.1, -0.05) is 0 Å². The molecule has 1 amide bonds. The van der Waals surface area contributed by atoms with E-state index in [2.05, 4.69) is 15.3 Å². The second-order valence-electron chi connectivity index (χ2n) is 7.07. The zero-order valence-electron chi connectivity index (χ0n) is 17.2. The molecule has 0 atom stereocenters. The normalized spacial score (nSPS) is 10.9. The molecule has 6 nitrogen and oxygen atoms in total. The summed E-state index contributed by atoms with van der Waals surface area (Å²) in [5.41, 5.74) is 2.61. The van der Waals surface area contributed by atoms with Crippen LogP contribution in [0.1, 0.15) is 29.5 Å². The monoisotopic (exact) mass is 418 g/mol. The number of amides is 1. The largest absolute Gasteiger partial charge is 0.493 e. The van der Waals surface area contributed by atoms with Crippen molar-refractivity contribution in [3.63, 3.8) is 0 Å². The van der Waals surface area contributed by atoms with Gasteiger partial charge in [-0.15, -0.1) is 0 Å². The average Bonchev–Trinajstić information content (AvgIpc) is 3.30. The van der Waals surface area contributed by atoms with Crippen LogP contribution in [0.5, 0.6) is 5.75 Å². The number of nitrogens with zero attached hydrogens (tertiary/aromatic N) is 2. The van der Waals surface area contributed by atoms with Gasteiger partial charge in [0.2, 0.25) is 0 Å². The number of ether oxygens (including phenoxy) is 1. The lowest BCUT2D eigenvalue weighted by molar-refractivity contribution is 0.0953. The van der Waals surface area contributed by atoms with Crippen molar-refractivity contribution < 1.29 is 13.9 Å². The van der Waals surface area contributed by atoms with Crippen LogP contribution in [0.3, 0.4) is 0 Å². The maximum Gasteiger partial charge on any atom is 0.251 e. The fourth-order valence-corrected chi connectivity index (χ4v) is 3.38.